The van der Waals surface area contributed by atoms with E-state index in [4.69, 9.17) is 17.3 Å². The van der Waals surface area contributed by atoms with Gasteiger partial charge >= 0.3 is 0 Å². The molecular formula is C15H21ClN4O4. The molecule has 0 aromatic heterocycles. The molecule has 0 spiro atoms. The Hall–Kier alpha value is -2.19. The highest BCUT2D eigenvalue weighted by atomic mass is 35.5. The minimum atomic E-state index is -0.777. The molecule has 1 unspecified atom stereocenters. The van der Waals surface area contributed by atoms with Gasteiger partial charge in [0.15, 0.2) is 0 Å². The second-order valence-electron chi connectivity index (χ2n) is 5.22. The van der Waals surface area contributed by atoms with E-state index in [1.54, 1.807) is 0 Å². The number of unbranched alkanes of at least 4 members (excludes halogenated alkanes) is 1. The zero-order valence-electron chi connectivity index (χ0n) is 13.4. The Bertz CT molecular complexity index is 609. The van der Waals surface area contributed by atoms with Gasteiger partial charge in [-0.15, -0.1) is 0 Å². The molecule has 1 aromatic rings. The molecule has 0 radical (unpaired) electrons. The Kier molecular flexibility index (Phi) is 8.14. The van der Waals surface area contributed by atoms with Crippen molar-refractivity contribution in [2.24, 2.45) is 5.73 Å². The number of nitrogens with one attached hydrogen (secondary N) is 2. The van der Waals surface area contributed by atoms with Gasteiger partial charge in [-0.25, -0.2) is 0 Å². The smallest absolute Gasteiger partial charge is 0.283 e. The van der Waals surface area contributed by atoms with Crippen LogP contribution in [0.3, 0.4) is 0 Å². The van der Waals surface area contributed by atoms with Gasteiger partial charge in [0.2, 0.25) is 5.91 Å². The first-order valence-corrected chi connectivity index (χ1v) is 7.99. The van der Waals surface area contributed by atoms with E-state index in [0.29, 0.717) is 6.54 Å². The summed E-state index contributed by atoms with van der Waals surface area (Å²) in [6, 6.07) is 3.77. The van der Waals surface area contributed by atoms with E-state index in [1.807, 2.05) is 6.92 Å². The van der Waals surface area contributed by atoms with E-state index in [0.717, 1.165) is 19.3 Å². The molecule has 0 aliphatic heterocycles. The number of carbonyl (C=O) groups is 2. The number of carbonyl (C=O) groups excluding carboxylic acids is 2. The number of hydrogen-bond acceptors (Lipinski definition) is 5. The summed E-state index contributed by atoms with van der Waals surface area (Å²) >= 11 is 5.87. The molecule has 0 fully saturated rings. The lowest BCUT2D eigenvalue weighted by Gasteiger charge is -2.16. The second-order valence-corrected chi connectivity index (χ2v) is 5.62. The van der Waals surface area contributed by atoms with Gasteiger partial charge in [-0.2, -0.15) is 0 Å². The number of nitrogens with zero attached hydrogens (tertiary/aromatic N) is 1. The van der Waals surface area contributed by atoms with Crippen LogP contribution in [0.2, 0.25) is 5.02 Å². The average Bonchev–Trinajstić information content (AvgIpc) is 2.55. The van der Waals surface area contributed by atoms with Crippen LogP contribution < -0.4 is 16.4 Å². The summed E-state index contributed by atoms with van der Waals surface area (Å²) in [6.45, 7) is 2.02. The number of nitro groups is 1. The monoisotopic (exact) mass is 356 g/mol. The lowest BCUT2D eigenvalue weighted by molar-refractivity contribution is -0.385. The topological polar surface area (TPSA) is 127 Å². The third-order valence-corrected chi connectivity index (χ3v) is 3.70. The van der Waals surface area contributed by atoms with Crippen molar-refractivity contribution >= 4 is 29.1 Å². The zero-order chi connectivity index (χ0) is 18.1. The fourth-order valence-corrected chi connectivity index (χ4v) is 2.37. The second kappa shape index (κ2) is 9.84. The van der Waals surface area contributed by atoms with Gasteiger partial charge in [-0.3, -0.25) is 19.7 Å². The fourth-order valence-electron chi connectivity index (χ4n) is 2.12. The maximum atomic E-state index is 12.1. The van der Waals surface area contributed by atoms with Crippen molar-refractivity contribution in [1.82, 2.24) is 10.6 Å². The molecule has 132 valence electrons. The van der Waals surface area contributed by atoms with E-state index in [1.165, 1.54) is 18.2 Å². The lowest BCUT2D eigenvalue weighted by atomic mass is 10.1. The molecule has 0 saturated carbocycles. The van der Waals surface area contributed by atoms with Crippen LogP contribution in [0.15, 0.2) is 18.2 Å². The third-order valence-electron chi connectivity index (χ3n) is 3.38. The van der Waals surface area contributed by atoms with E-state index < -0.39 is 22.4 Å². The van der Waals surface area contributed by atoms with Crippen LogP contribution in [0, 0.1) is 10.1 Å². The molecule has 0 aliphatic rings. The van der Waals surface area contributed by atoms with E-state index in [2.05, 4.69) is 10.6 Å². The van der Waals surface area contributed by atoms with E-state index in [9.17, 15) is 19.7 Å². The first-order chi connectivity index (χ1) is 11.4. The van der Waals surface area contributed by atoms with Gasteiger partial charge in [0.1, 0.15) is 5.56 Å². The largest absolute Gasteiger partial charge is 0.351 e. The van der Waals surface area contributed by atoms with Gasteiger partial charge in [0.05, 0.1) is 16.5 Å². The van der Waals surface area contributed by atoms with Crippen LogP contribution in [0.4, 0.5) is 5.69 Å². The minimum absolute atomic E-state index is 0.0510. The van der Waals surface area contributed by atoms with Crippen LogP contribution in [0.5, 0.6) is 0 Å². The molecule has 0 saturated heterocycles. The molecule has 0 aliphatic carbocycles. The van der Waals surface area contributed by atoms with Gasteiger partial charge in [0, 0.05) is 18.7 Å². The van der Waals surface area contributed by atoms with Crippen molar-refractivity contribution in [3.05, 3.63) is 38.9 Å². The number of rotatable bonds is 9. The van der Waals surface area contributed by atoms with Crippen molar-refractivity contribution < 1.29 is 14.5 Å². The third kappa shape index (κ3) is 5.78. The Morgan fingerprint density at radius 3 is 2.71 bits per heavy atom. The van der Waals surface area contributed by atoms with E-state index in [-0.39, 0.29) is 23.2 Å². The van der Waals surface area contributed by atoms with E-state index >= 15 is 0 Å². The summed E-state index contributed by atoms with van der Waals surface area (Å²) in [6.07, 6.45) is 2.67. The number of halogens is 1. The predicted octanol–water partition coefficient (Wildman–Crippen LogP) is 1.61. The maximum Gasteiger partial charge on any atom is 0.283 e. The first kappa shape index (κ1) is 19.9. The van der Waals surface area contributed by atoms with Crippen LogP contribution in [-0.2, 0) is 4.79 Å². The number of nitro benzene ring substituents is 1. The zero-order valence-corrected chi connectivity index (χ0v) is 14.1. The maximum absolute atomic E-state index is 12.1. The summed E-state index contributed by atoms with van der Waals surface area (Å²) in [4.78, 5) is 34.3. The normalized spacial score (nSPS) is 11.6. The number of hydrogen-bond donors (Lipinski definition) is 3. The molecule has 0 bridgehead atoms. The SMILES string of the molecule is CCCCC(CN)NC(=O)CNC(=O)c1c(Cl)cccc1[N+](=O)[O-]. The Morgan fingerprint density at radius 2 is 2.12 bits per heavy atom. The van der Waals surface area contributed by atoms with Gasteiger partial charge in [0.25, 0.3) is 11.6 Å². The summed E-state index contributed by atoms with van der Waals surface area (Å²) in [7, 11) is 0. The lowest BCUT2D eigenvalue weighted by Crippen LogP contribution is -2.45. The summed E-state index contributed by atoms with van der Waals surface area (Å²) in [5.74, 6) is -1.19. The quantitative estimate of drug-likeness (QED) is 0.457. The molecule has 9 heteroatoms. The van der Waals surface area contributed by atoms with Crippen molar-refractivity contribution in [3.8, 4) is 0 Å². The molecule has 4 N–H and O–H groups in total. The number of amides is 2. The van der Waals surface area contributed by atoms with Crippen LogP contribution in [-0.4, -0.2) is 35.9 Å². The van der Waals surface area contributed by atoms with Crippen LogP contribution in [0.1, 0.15) is 36.5 Å². The van der Waals surface area contributed by atoms with Gasteiger partial charge in [-0.1, -0.05) is 37.4 Å². The molecule has 1 atom stereocenters. The van der Waals surface area contributed by atoms with Crippen LogP contribution in [0.25, 0.3) is 0 Å². The Balaban J connectivity index is 2.66. The predicted molar refractivity (Wildman–Crippen MR) is 90.9 cm³/mol. The molecule has 8 nitrogen and oxygen atoms in total. The van der Waals surface area contributed by atoms with Crippen molar-refractivity contribution in [1.29, 1.82) is 0 Å². The molecule has 1 aromatic carbocycles. The van der Waals surface area contributed by atoms with Crippen LogP contribution >= 0.6 is 11.6 Å². The number of benzene rings is 1. The molecule has 0 heterocycles. The molecular weight excluding hydrogens is 336 g/mol. The first-order valence-electron chi connectivity index (χ1n) is 7.61. The van der Waals surface area contributed by atoms with Crippen molar-refractivity contribution in [3.63, 3.8) is 0 Å². The summed E-state index contributed by atoms with van der Waals surface area (Å²) in [5.41, 5.74) is 4.91. The fraction of sp³-hybridized carbons (Fsp3) is 0.467. The summed E-state index contributed by atoms with van der Waals surface area (Å²) < 4.78 is 0. The highest BCUT2D eigenvalue weighted by molar-refractivity contribution is 6.34. The molecule has 24 heavy (non-hydrogen) atoms. The average molecular weight is 357 g/mol. The minimum Gasteiger partial charge on any atom is -0.351 e. The van der Waals surface area contributed by atoms with Crippen molar-refractivity contribution in [2.45, 2.75) is 32.2 Å². The number of nitrogens with two attached hydrogens (primary N) is 1. The summed E-state index contributed by atoms with van der Waals surface area (Å²) in [5, 5.41) is 16.0. The highest BCUT2D eigenvalue weighted by Crippen LogP contribution is 2.25. The Labute approximate surface area is 144 Å². The van der Waals surface area contributed by atoms with Gasteiger partial charge < -0.3 is 16.4 Å². The Morgan fingerprint density at radius 1 is 1.42 bits per heavy atom. The van der Waals surface area contributed by atoms with Crippen molar-refractivity contribution in [2.75, 3.05) is 13.1 Å². The van der Waals surface area contributed by atoms with Gasteiger partial charge in [-0.05, 0) is 12.5 Å². The highest BCUT2D eigenvalue weighted by Gasteiger charge is 2.23. The molecule has 1 rings (SSSR count). The molecule has 2 amide bonds. The standard InChI is InChI=1S/C15H21ClN4O4/c1-2-3-5-10(8-17)19-13(21)9-18-15(22)14-11(16)6-4-7-12(14)20(23)24/h4,6-7,10H,2-3,5,8-9,17H2,1H3,(H,18,22)(H,19,21).